The number of rotatable bonds is 3. The van der Waals surface area contributed by atoms with E-state index in [0.717, 1.165) is 0 Å². The summed E-state index contributed by atoms with van der Waals surface area (Å²) in [5.41, 5.74) is 7.03. The van der Waals surface area contributed by atoms with Crippen molar-refractivity contribution in [3.63, 3.8) is 0 Å². The third-order valence-electron chi connectivity index (χ3n) is 2.82. The molecule has 2 N–H and O–H groups in total. The molecule has 104 valence electrons. The van der Waals surface area contributed by atoms with E-state index in [9.17, 15) is 10.1 Å². The number of nitro benzene ring substituents is 1. The Morgan fingerprint density at radius 3 is 2.86 bits per heavy atom. The van der Waals surface area contributed by atoms with Crippen molar-refractivity contribution in [1.29, 1.82) is 0 Å². The third-order valence-corrected chi connectivity index (χ3v) is 2.82. The first-order valence-electron chi connectivity index (χ1n) is 5.93. The molecular weight excluding hydrogens is 274 g/mol. The monoisotopic (exact) mass is 283 g/mol. The van der Waals surface area contributed by atoms with Crippen LogP contribution >= 0.6 is 0 Å². The molecule has 8 nitrogen and oxygen atoms in total. The molecule has 0 amide bonds. The molecule has 0 bridgehead atoms. The Balaban J connectivity index is 2.04. The van der Waals surface area contributed by atoms with E-state index in [2.05, 4.69) is 15.1 Å². The van der Waals surface area contributed by atoms with Gasteiger partial charge in [-0.3, -0.25) is 15.1 Å². The van der Waals surface area contributed by atoms with E-state index in [-0.39, 0.29) is 11.6 Å². The Labute approximate surface area is 118 Å². The lowest BCUT2D eigenvalue weighted by atomic mass is 10.1. The van der Waals surface area contributed by atoms with Crippen molar-refractivity contribution in [2.75, 3.05) is 5.73 Å². The Morgan fingerprint density at radius 2 is 2.14 bits per heavy atom. The number of non-ortho nitro benzene ring substituents is 1. The Bertz CT molecular complexity index is 801. The number of aromatic nitrogens is 3. The third kappa shape index (κ3) is 2.41. The van der Waals surface area contributed by atoms with Crippen LogP contribution in [0.3, 0.4) is 0 Å². The first-order valence-corrected chi connectivity index (χ1v) is 5.93. The van der Waals surface area contributed by atoms with Gasteiger partial charge in [-0.2, -0.15) is 4.98 Å². The molecule has 0 atom stereocenters. The standard InChI is InChI=1S/C13H9N5O3/c14-11-4-3-9(18(19)20)6-10(11)13-16-12(17-21-13)8-2-1-5-15-7-8/h1-7H,14H2. The number of nitro groups is 1. The van der Waals surface area contributed by atoms with Crippen LogP contribution in [0.1, 0.15) is 0 Å². The minimum atomic E-state index is -0.513. The average Bonchev–Trinajstić information content (AvgIpc) is 2.98. The molecular formula is C13H9N5O3. The maximum atomic E-state index is 10.8. The number of hydrogen-bond acceptors (Lipinski definition) is 7. The maximum absolute atomic E-state index is 10.8. The van der Waals surface area contributed by atoms with Crippen molar-refractivity contribution in [2.24, 2.45) is 0 Å². The molecule has 0 aliphatic carbocycles. The van der Waals surface area contributed by atoms with Gasteiger partial charge in [-0.15, -0.1) is 0 Å². The molecule has 2 aromatic heterocycles. The minimum Gasteiger partial charge on any atom is -0.398 e. The number of anilines is 1. The first-order chi connectivity index (χ1) is 10.1. The van der Waals surface area contributed by atoms with Crippen molar-refractivity contribution in [1.82, 2.24) is 15.1 Å². The lowest BCUT2D eigenvalue weighted by Gasteiger charge is -1.99. The van der Waals surface area contributed by atoms with Gasteiger partial charge in [0.1, 0.15) is 0 Å². The molecule has 0 fully saturated rings. The fourth-order valence-electron chi connectivity index (χ4n) is 1.79. The molecule has 3 aromatic rings. The van der Waals surface area contributed by atoms with Gasteiger partial charge in [0.15, 0.2) is 0 Å². The van der Waals surface area contributed by atoms with Gasteiger partial charge >= 0.3 is 0 Å². The normalized spacial score (nSPS) is 10.5. The SMILES string of the molecule is Nc1ccc([N+](=O)[O-])cc1-c1nc(-c2cccnc2)no1. The highest BCUT2D eigenvalue weighted by Gasteiger charge is 2.16. The fraction of sp³-hybridized carbons (Fsp3) is 0. The number of nitrogens with two attached hydrogens (primary N) is 1. The van der Waals surface area contributed by atoms with E-state index >= 15 is 0 Å². The van der Waals surface area contributed by atoms with Gasteiger partial charge in [0.25, 0.3) is 11.6 Å². The highest BCUT2D eigenvalue weighted by Crippen LogP contribution is 2.29. The molecule has 0 spiro atoms. The molecule has 21 heavy (non-hydrogen) atoms. The molecule has 1 aromatic carbocycles. The molecule has 0 unspecified atom stereocenters. The minimum absolute atomic E-state index is 0.0969. The number of nitrogen functional groups attached to an aromatic ring is 1. The zero-order valence-corrected chi connectivity index (χ0v) is 10.6. The van der Waals surface area contributed by atoms with Crippen LogP contribution in [0, 0.1) is 10.1 Å². The van der Waals surface area contributed by atoms with Crippen LogP contribution in [0.15, 0.2) is 47.2 Å². The van der Waals surface area contributed by atoms with Crippen molar-refractivity contribution in [3.05, 3.63) is 52.8 Å². The Morgan fingerprint density at radius 1 is 1.29 bits per heavy atom. The van der Waals surface area contributed by atoms with Gasteiger partial charge in [-0.25, -0.2) is 0 Å². The van der Waals surface area contributed by atoms with E-state index in [0.29, 0.717) is 22.6 Å². The van der Waals surface area contributed by atoms with Crippen LogP contribution < -0.4 is 5.73 Å². The van der Waals surface area contributed by atoms with E-state index in [1.165, 1.54) is 18.2 Å². The van der Waals surface area contributed by atoms with E-state index < -0.39 is 4.92 Å². The Kier molecular flexibility index (Phi) is 3.03. The van der Waals surface area contributed by atoms with Crippen molar-refractivity contribution in [3.8, 4) is 22.8 Å². The van der Waals surface area contributed by atoms with Crippen LogP contribution in [0.4, 0.5) is 11.4 Å². The molecule has 8 heteroatoms. The molecule has 0 radical (unpaired) electrons. The van der Waals surface area contributed by atoms with Crippen LogP contribution in [0.5, 0.6) is 0 Å². The van der Waals surface area contributed by atoms with Crippen LogP contribution in [-0.4, -0.2) is 20.0 Å². The molecule has 0 aliphatic heterocycles. The summed E-state index contributed by atoms with van der Waals surface area (Å²) >= 11 is 0. The van der Waals surface area contributed by atoms with Crippen molar-refractivity contribution >= 4 is 11.4 Å². The number of benzene rings is 1. The van der Waals surface area contributed by atoms with Gasteiger partial charge in [0, 0.05) is 35.8 Å². The zero-order valence-electron chi connectivity index (χ0n) is 10.6. The number of nitrogens with zero attached hydrogens (tertiary/aromatic N) is 4. The fourth-order valence-corrected chi connectivity index (χ4v) is 1.79. The second-order valence-electron chi connectivity index (χ2n) is 4.19. The second kappa shape index (κ2) is 5.00. The van der Waals surface area contributed by atoms with Gasteiger partial charge in [0.2, 0.25) is 5.82 Å². The van der Waals surface area contributed by atoms with Crippen LogP contribution in [-0.2, 0) is 0 Å². The summed E-state index contributed by atoms with van der Waals surface area (Å²) in [5, 5.41) is 14.6. The largest absolute Gasteiger partial charge is 0.398 e. The smallest absolute Gasteiger partial charge is 0.270 e. The molecule has 0 saturated carbocycles. The van der Waals surface area contributed by atoms with E-state index in [4.69, 9.17) is 10.3 Å². The topological polar surface area (TPSA) is 121 Å². The Hall–Kier alpha value is -3.29. The van der Waals surface area contributed by atoms with E-state index in [1.54, 1.807) is 24.5 Å². The lowest BCUT2D eigenvalue weighted by molar-refractivity contribution is -0.384. The lowest BCUT2D eigenvalue weighted by Crippen LogP contribution is -1.94. The molecule has 2 heterocycles. The predicted octanol–water partition coefficient (Wildman–Crippen LogP) is 2.29. The first kappa shape index (κ1) is 12.7. The summed E-state index contributed by atoms with van der Waals surface area (Å²) in [7, 11) is 0. The number of hydrogen-bond donors (Lipinski definition) is 1. The van der Waals surface area contributed by atoms with Gasteiger partial charge in [-0.05, 0) is 18.2 Å². The average molecular weight is 283 g/mol. The highest BCUT2D eigenvalue weighted by molar-refractivity contribution is 5.74. The summed E-state index contributed by atoms with van der Waals surface area (Å²) in [5.74, 6) is 0.457. The van der Waals surface area contributed by atoms with Gasteiger partial charge < -0.3 is 10.3 Å². The second-order valence-corrected chi connectivity index (χ2v) is 4.19. The molecule has 0 aliphatic rings. The summed E-state index contributed by atoms with van der Waals surface area (Å²) in [6, 6.07) is 7.57. The van der Waals surface area contributed by atoms with Gasteiger partial charge in [-0.1, -0.05) is 5.16 Å². The summed E-state index contributed by atoms with van der Waals surface area (Å²) in [4.78, 5) is 18.5. The van der Waals surface area contributed by atoms with Crippen molar-refractivity contribution < 1.29 is 9.45 Å². The maximum Gasteiger partial charge on any atom is 0.270 e. The number of pyridine rings is 1. The van der Waals surface area contributed by atoms with Crippen LogP contribution in [0.25, 0.3) is 22.8 Å². The van der Waals surface area contributed by atoms with Gasteiger partial charge in [0.05, 0.1) is 10.5 Å². The summed E-state index contributed by atoms with van der Waals surface area (Å²) in [6.45, 7) is 0. The van der Waals surface area contributed by atoms with Crippen LogP contribution in [0.2, 0.25) is 0 Å². The quantitative estimate of drug-likeness (QED) is 0.444. The molecule has 3 rings (SSSR count). The summed E-state index contributed by atoms with van der Waals surface area (Å²) < 4.78 is 5.13. The van der Waals surface area contributed by atoms with Crippen molar-refractivity contribution in [2.45, 2.75) is 0 Å². The molecule has 0 saturated heterocycles. The zero-order chi connectivity index (χ0) is 14.8. The highest BCUT2D eigenvalue weighted by atomic mass is 16.6. The summed E-state index contributed by atoms with van der Waals surface area (Å²) in [6.07, 6.45) is 3.22. The van der Waals surface area contributed by atoms with E-state index in [1.807, 2.05) is 0 Å². The predicted molar refractivity (Wildman–Crippen MR) is 74.0 cm³/mol.